The molecule has 1 amide bonds. The number of nitrogens with one attached hydrogen (secondary N) is 1. The topological polar surface area (TPSA) is 47.6 Å². The van der Waals surface area contributed by atoms with Gasteiger partial charge in [-0.3, -0.25) is 4.79 Å². The van der Waals surface area contributed by atoms with Gasteiger partial charge in [-0.05, 0) is 30.5 Å². The van der Waals surface area contributed by atoms with Crippen molar-refractivity contribution in [1.29, 1.82) is 0 Å². The average Bonchev–Trinajstić information content (AvgIpc) is 2.66. The first-order valence-electron chi connectivity index (χ1n) is 9.08. The van der Waals surface area contributed by atoms with Crippen LogP contribution in [0.5, 0.6) is 11.5 Å². The fourth-order valence-electron chi connectivity index (χ4n) is 3.16. The first-order valence-corrected chi connectivity index (χ1v) is 9.08. The number of hydrogen-bond donors (Lipinski definition) is 1. The molecule has 136 valence electrons. The molecule has 25 heavy (non-hydrogen) atoms. The highest BCUT2D eigenvalue weighted by Crippen LogP contribution is 2.35. The van der Waals surface area contributed by atoms with Crippen LogP contribution in [0, 0.1) is 5.92 Å². The van der Waals surface area contributed by atoms with Crippen molar-refractivity contribution in [1.82, 2.24) is 5.32 Å². The Labute approximate surface area is 150 Å². The van der Waals surface area contributed by atoms with Crippen LogP contribution in [0.4, 0.5) is 0 Å². The largest absolute Gasteiger partial charge is 0.496 e. The molecule has 0 spiro atoms. The zero-order valence-electron chi connectivity index (χ0n) is 15.7. The molecule has 4 heteroatoms. The van der Waals surface area contributed by atoms with Crippen molar-refractivity contribution < 1.29 is 14.3 Å². The van der Waals surface area contributed by atoms with E-state index in [-0.39, 0.29) is 5.91 Å². The lowest BCUT2D eigenvalue weighted by molar-refractivity contribution is 0.0947. The standard InChI is InChI=1S/C21H29NO3/c1-5-7-9-15(6-2)14-22-21(23)17-12-13-19(25-4)20-16(17)10-8-11-18(20)24-3/h8,10-13,15H,5-7,9,14H2,1-4H3,(H,22,23). The summed E-state index contributed by atoms with van der Waals surface area (Å²) < 4.78 is 10.9. The van der Waals surface area contributed by atoms with Crippen LogP contribution < -0.4 is 14.8 Å². The van der Waals surface area contributed by atoms with Gasteiger partial charge in [0.2, 0.25) is 0 Å². The van der Waals surface area contributed by atoms with Crippen LogP contribution >= 0.6 is 0 Å². The average molecular weight is 343 g/mol. The summed E-state index contributed by atoms with van der Waals surface area (Å²) in [6, 6.07) is 9.36. The van der Waals surface area contributed by atoms with E-state index < -0.39 is 0 Å². The summed E-state index contributed by atoms with van der Waals surface area (Å²) in [6.45, 7) is 5.09. The van der Waals surface area contributed by atoms with Crippen molar-refractivity contribution in [2.45, 2.75) is 39.5 Å². The lowest BCUT2D eigenvalue weighted by Gasteiger charge is -2.17. The Morgan fingerprint density at radius 2 is 1.80 bits per heavy atom. The van der Waals surface area contributed by atoms with Crippen molar-refractivity contribution in [3.63, 3.8) is 0 Å². The van der Waals surface area contributed by atoms with Crippen LogP contribution in [0.25, 0.3) is 10.8 Å². The highest BCUT2D eigenvalue weighted by atomic mass is 16.5. The molecule has 1 unspecified atom stereocenters. The second-order valence-corrected chi connectivity index (χ2v) is 6.32. The van der Waals surface area contributed by atoms with E-state index >= 15 is 0 Å². The SMILES string of the molecule is CCCCC(CC)CNC(=O)c1ccc(OC)c2c(OC)cccc12. The van der Waals surface area contributed by atoms with Crippen LogP contribution in [0.3, 0.4) is 0 Å². The molecular formula is C21H29NO3. The number of carbonyl (C=O) groups is 1. The minimum atomic E-state index is -0.0455. The number of fused-ring (bicyclic) bond motifs is 1. The fraction of sp³-hybridized carbons (Fsp3) is 0.476. The van der Waals surface area contributed by atoms with E-state index in [0.717, 1.165) is 23.6 Å². The van der Waals surface area contributed by atoms with Gasteiger partial charge in [0.05, 0.1) is 19.6 Å². The molecule has 0 saturated carbocycles. The van der Waals surface area contributed by atoms with Gasteiger partial charge in [-0.2, -0.15) is 0 Å². The maximum absolute atomic E-state index is 12.8. The van der Waals surface area contributed by atoms with Gasteiger partial charge in [-0.15, -0.1) is 0 Å². The molecule has 2 rings (SSSR count). The predicted octanol–water partition coefficient (Wildman–Crippen LogP) is 4.80. The van der Waals surface area contributed by atoms with Crippen molar-refractivity contribution >= 4 is 16.7 Å². The number of amides is 1. The maximum Gasteiger partial charge on any atom is 0.251 e. The normalized spacial score (nSPS) is 12.0. The second kappa shape index (κ2) is 9.30. The number of ether oxygens (including phenoxy) is 2. The van der Waals surface area contributed by atoms with Crippen molar-refractivity contribution in [2.24, 2.45) is 5.92 Å². The maximum atomic E-state index is 12.8. The molecule has 0 bridgehead atoms. The molecule has 0 aromatic heterocycles. The van der Waals surface area contributed by atoms with E-state index in [4.69, 9.17) is 9.47 Å². The summed E-state index contributed by atoms with van der Waals surface area (Å²) in [5, 5.41) is 4.78. The summed E-state index contributed by atoms with van der Waals surface area (Å²) in [5.74, 6) is 1.90. The molecule has 0 aliphatic rings. The Bertz CT molecular complexity index is 701. The van der Waals surface area contributed by atoms with E-state index in [0.29, 0.717) is 29.5 Å². The molecule has 2 aromatic carbocycles. The molecule has 0 heterocycles. The van der Waals surface area contributed by atoms with Crippen LogP contribution in [-0.4, -0.2) is 26.7 Å². The van der Waals surface area contributed by atoms with Crippen LogP contribution in [0.15, 0.2) is 30.3 Å². The van der Waals surface area contributed by atoms with E-state index in [2.05, 4.69) is 19.2 Å². The zero-order valence-corrected chi connectivity index (χ0v) is 15.7. The lowest BCUT2D eigenvalue weighted by Crippen LogP contribution is -2.29. The Morgan fingerprint density at radius 3 is 2.44 bits per heavy atom. The highest BCUT2D eigenvalue weighted by Gasteiger charge is 2.16. The number of benzene rings is 2. The molecule has 0 aliphatic carbocycles. The summed E-state index contributed by atoms with van der Waals surface area (Å²) >= 11 is 0. The van der Waals surface area contributed by atoms with Crippen LogP contribution in [-0.2, 0) is 0 Å². The van der Waals surface area contributed by atoms with Crippen LogP contribution in [0.2, 0.25) is 0 Å². The molecular weight excluding hydrogens is 314 g/mol. The third kappa shape index (κ3) is 4.44. The van der Waals surface area contributed by atoms with Crippen molar-refractivity contribution in [3.8, 4) is 11.5 Å². The number of carbonyl (C=O) groups excluding carboxylic acids is 1. The number of hydrogen-bond acceptors (Lipinski definition) is 3. The van der Waals surface area contributed by atoms with Gasteiger partial charge >= 0.3 is 0 Å². The van der Waals surface area contributed by atoms with Gasteiger partial charge in [0.1, 0.15) is 11.5 Å². The van der Waals surface area contributed by atoms with Gasteiger partial charge in [0, 0.05) is 17.5 Å². The van der Waals surface area contributed by atoms with E-state index in [9.17, 15) is 4.79 Å². The van der Waals surface area contributed by atoms with E-state index in [1.165, 1.54) is 12.8 Å². The summed E-state index contributed by atoms with van der Waals surface area (Å²) in [4.78, 5) is 12.8. The zero-order chi connectivity index (χ0) is 18.2. The minimum Gasteiger partial charge on any atom is -0.496 e. The number of rotatable bonds is 9. The molecule has 2 aromatic rings. The predicted molar refractivity (Wildman–Crippen MR) is 103 cm³/mol. The molecule has 0 saturated heterocycles. The van der Waals surface area contributed by atoms with E-state index in [1.54, 1.807) is 14.2 Å². The summed E-state index contributed by atoms with van der Waals surface area (Å²) in [5.41, 5.74) is 0.653. The molecule has 0 radical (unpaired) electrons. The first kappa shape index (κ1) is 19.1. The lowest BCUT2D eigenvalue weighted by atomic mass is 9.98. The molecule has 0 fully saturated rings. The highest BCUT2D eigenvalue weighted by molar-refractivity contribution is 6.10. The minimum absolute atomic E-state index is 0.0455. The Hall–Kier alpha value is -2.23. The van der Waals surface area contributed by atoms with Crippen molar-refractivity contribution in [3.05, 3.63) is 35.9 Å². The Morgan fingerprint density at radius 1 is 1.08 bits per heavy atom. The fourth-order valence-corrected chi connectivity index (χ4v) is 3.16. The Kier molecular flexibility index (Phi) is 7.11. The second-order valence-electron chi connectivity index (χ2n) is 6.32. The van der Waals surface area contributed by atoms with Crippen LogP contribution in [0.1, 0.15) is 49.9 Å². The van der Waals surface area contributed by atoms with Gasteiger partial charge in [0.25, 0.3) is 5.91 Å². The third-order valence-electron chi connectivity index (χ3n) is 4.74. The Balaban J connectivity index is 2.27. The number of methoxy groups -OCH3 is 2. The quantitative estimate of drug-likeness (QED) is 0.711. The number of unbranched alkanes of at least 4 members (excludes halogenated alkanes) is 1. The summed E-state index contributed by atoms with van der Waals surface area (Å²) in [6.07, 6.45) is 4.63. The molecule has 4 nitrogen and oxygen atoms in total. The molecule has 0 aliphatic heterocycles. The van der Waals surface area contributed by atoms with Gasteiger partial charge in [-0.1, -0.05) is 45.2 Å². The first-order chi connectivity index (χ1) is 12.2. The van der Waals surface area contributed by atoms with Gasteiger partial charge < -0.3 is 14.8 Å². The monoisotopic (exact) mass is 343 g/mol. The molecule has 1 atom stereocenters. The van der Waals surface area contributed by atoms with Gasteiger partial charge in [0.15, 0.2) is 0 Å². The third-order valence-corrected chi connectivity index (χ3v) is 4.74. The van der Waals surface area contributed by atoms with E-state index in [1.807, 2.05) is 30.3 Å². The van der Waals surface area contributed by atoms with Gasteiger partial charge in [-0.25, -0.2) is 0 Å². The van der Waals surface area contributed by atoms with Crippen molar-refractivity contribution in [2.75, 3.05) is 20.8 Å². The summed E-state index contributed by atoms with van der Waals surface area (Å²) in [7, 11) is 3.25. The smallest absolute Gasteiger partial charge is 0.251 e. The molecule has 1 N–H and O–H groups in total.